The van der Waals surface area contributed by atoms with Crippen molar-refractivity contribution in [3.63, 3.8) is 0 Å². The first kappa shape index (κ1) is 16.2. The van der Waals surface area contributed by atoms with Crippen LogP contribution in [0.1, 0.15) is 31.0 Å². The van der Waals surface area contributed by atoms with E-state index in [1.807, 2.05) is 0 Å². The van der Waals surface area contributed by atoms with E-state index in [1.165, 1.54) is 0 Å². The molecule has 1 aliphatic heterocycles. The minimum absolute atomic E-state index is 0.0312. The Bertz CT molecular complexity index is 1050. The van der Waals surface area contributed by atoms with E-state index in [-0.39, 0.29) is 17.0 Å². The average molecular weight is 395 g/mol. The Morgan fingerprint density at radius 3 is 2.64 bits per heavy atom. The summed E-state index contributed by atoms with van der Waals surface area (Å²) in [5.74, 6) is -3.63. The highest BCUT2D eigenvalue weighted by molar-refractivity contribution is 6.01. The molecule has 3 rings (SSSR count). The van der Waals surface area contributed by atoms with E-state index in [1.54, 1.807) is 0 Å². The molecule has 0 saturated carbocycles. The number of aliphatic hydroxyl groups excluding tert-OH is 1. The fourth-order valence-corrected chi connectivity index (χ4v) is 3.31. The molecular weight excluding hydrogens is 372 g/mol. The van der Waals surface area contributed by atoms with Crippen LogP contribution in [0.5, 0.6) is 0 Å². The number of aromatic nitrogens is 4. The van der Waals surface area contributed by atoms with Gasteiger partial charge in [-0.05, 0) is 20.7 Å². The highest BCUT2D eigenvalue weighted by atomic mass is 16.6. The lowest BCUT2D eigenvalue weighted by Gasteiger charge is -2.39. The molecule has 5 atom stereocenters. The summed E-state index contributed by atoms with van der Waals surface area (Å²) in [6.07, 6.45) is -3.93. The van der Waals surface area contributed by atoms with Crippen LogP contribution in [-0.2, 0) is 19.1 Å². The van der Waals surface area contributed by atoms with Gasteiger partial charge in [0.15, 0.2) is 40.6 Å². The second-order valence-electron chi connectivity index (χ2n) is 6.38. The molecule has 0 radical (unpaired) electrons. The lowest BCUT2D eigenvalue weighted by atomic mass is 9.71. The van der Waals surface area contributed by atoms with Crippen molar-refractivity contribution >= 4 is 34.3 Å². The maximum absolute atomic E-state index is 12.8. The van der Waals surface area contributed by atoms with Gasteiger partial charge < -0.3 is 26.4 Å². The summed E-state index contributed by atoms with van der Waals surface area (Å²) < 4.78 is 28.7. The van der Waals surface area contributed by atoms with Gasteiger partial charge in [0.25, 0.3) is 0 Å². The quantitative estimate of drug-likeness (QED) is 0.431. The molecule has 0 amide bonds. The normalized spacial score (nSPS) is 32.5. The fourth-order valence-electron chi connectivity index (χ4n) is 3.31. The number of anilines is 1. The molecule has 1 fully saturated rings. The molecule has 12 heteroatoms. The molecule has 0 aromatic carbocycles. The monoisotopic (exact) mass is 395 g/mol. The third-order valence-corrected chi connectivity index (χ3v) is 4.86. The van der Waals surface area contributed by atoms with Crippen molar-refractivity contribution in [2.45, 2.75) is 50.3 Å². The van der Waals surface area contributed by atoms with Crippen molar-refractivity contribution in [3.05, 3.63) is 12.7 Å². The summed E-state index contributed by atoms with van der Waals surface area (Å²) in [4.78, 5) is 49.2. The smallest absolute Gasteiger partial charge is 0.195 e. The largest absolute Gasteiger partial charge is 0.382 e. The Balaban J connectivity index is 2.29. The number of nitrogen functional groups attached to an aromatic ring is 1. The molecule has 0 bridgehead atoms. The summed E-state index contributed by atoms with van der Waals surface area (Å²) in [7, 11) is 0. The number of nitrogens with two attached hydrogens (primary N) is 2. The molecule has 2 aromatic heterocycles. The van der Waals surface area contributed by atoms with E-state index in [2.05, 4.69) is 15.0 Å². The van der Waals surface area contributed by atoms with Gasteiger partial charge >= 0.3 is 0 Å². The Kier molecular flexibility index (Phi) is 3.68. The van der Waals surface area contributed by atoms with Gasteiger partial charge in [-0.1, -0.05) is 0 Å². The maximum Gasteiger partial charge on any atom is 0.195 e. The maximum atomic E-state index is 12.8. The second kappa shape index (κ2) is 6.38. The van der Waals surface area contributed by atoms with Gasteiger partial charge in [0.05, 0.1) is 6.33 Å². The number of Topliss-reactive ketones (excluding diaryl/α,β-unsaturated/α-hetero) is 3. The van der Waals surface area contributed by atoms with E-state index < -0.39 is 67.6 Å². The molecule has 1 saturated heterocycles. The fraction of sp³-hybridized carbons (Fsp3) is 0.500. The molecule has 3 heterocycles. The van der Waals surface area contributed by atoms with E-state index in [0.29, 0.717) is 0 Å². The minimum Gasteiger partial charge on any atom is -0.382 e. The zero-order chi connectivity index (χ0) is 23.1. The number of nitrogens with zero attached hydrogens (tertiary/aromatic N) is 4. The first-order valence-electron chi connectivity index (χ1n) is 9.96. The molecule has 150 valence electrons. The lowest BCUT2D eigenvalue weighted by Crippen LogP contribution is -2.72. The molecule has 1 aliphatic rings. The zero-order valence-electron chi connectivity index (χ0n) is 17.5. The van der Waals surface area contributed by atoms with Crippen LogP contribution in [0.4, 0.5) is 5.82 Å². The van der Waals surface area contributed by atoms with Gasteiger partial charge in [-0.15, -0.1) is 0 Å². The molecule has 2 aromatic rings. The third-order valence-electron chi connectivity index (χ3n) is 4.86. The highest BCUT2D eigenvalue weighted by Crippen LogP contribution is 2.47. The number of hydrogen-bond donors (Lipinski definition) is 4. The van der Waals surface area contributed by atoms with E-state index in [9.17, 15) is 24.6 Å². The summed E-state index contributed by atoms with van der Waals surface area (Å²) in [5, 5.41) is 21.9. The predicted molar refractivity (Wildman–Crippen MR) is 93.6 cm³/mol. The van der Waals surface area contributed by atoms with Crippen LogP contribution in [0.15, 0.2) is 12.7 Å². The van der Waals surface area contributed by atoms with E-state index in [0.717, 1.165) is 17.2 Å². The summed E-state index contributed by atoms with van der Waals surface area (Å²) >= 11 is 0. The number of fused-ring (bicyclic) bond motifs is 1. The highest BCUT2D eigenvalue weighted by Gasteiger charge is 2.72. The number of carbonyl (C=O) groups is 3. The van der Waals surface area contributed by atoms with E-state index >= 15 is 0 Å². The Labute approximate surface area is 162 Å². The van der Waals surface area contributed by atoms with Gasteiger partial charge in [0.2, 0.25) is 0 Å². The number of imidazole rings is 1. The first-order valence-corrected chi connectivity index (χ1v) is 7.84. The molecule has 6 N–H and O–H groups in total. The molecular formula is C16H20N6O6. The standard InChI is InChI=1S/C16H20N6O6/c1-6(23)10(26)11-15(18,7(2)24)16(27,8(3)25)14(28-11)22-5-21-9-12(17)19-4-20-13(9)22/h4-5,10-11,14,26-27H,18H2,1-3H3,(H2,17,19,20)/t10?,11-,14?,15-,16+/m1/s1/i1D,2D,3D. The summed E-state index contributed by atoms with van der Waals surface area (Å²) in [5.41, 5.74) is 6.15. The number of carbonyl (C=O) groups excluding carboxylic acids is 3. The Hall–Kier alpha value is -2.80. The first-order chi connectivity index (χ1) is 14.6. The predicted octanol–water partition coefficient (Wildman–Crippen LogP) is -2.14. The van der Waals surface area contributed by atoms with E-state index in [4.69, 9.17) is 20.3 Å². The Morgan fingerprint density at radius 1 is 1.29 bits per heavy atom. The average Bonchev–Trinajstić information content (AvgIpc) is 3.30. The van der Waals surface area contributed by atoms with Gasteiger partial charge in [-0.25, -0.2) is 15.0 Å². The number of rotatable bonds is 5. The third kappa shape index (κ3) is 2.39. The van der Waals surface area contributed by atoms with Gasteiger partial charge in [-0.3, -0.25) is 19.0 Å². The SMILES string of the molecule is [2H]CC(=O)C(O)[C@H]1OC(n2cnc3c(N)ncnc32)[C@@](O)(C(=O)C[2H])[C@@]1(N)C(=O)C[2H]. The summed E-state index contributed by atoms with van der Waals surface area (Å²) in [6, 6.07) is 0. The van der Waals surface area contributed by atoms with Crippen molar-refractivity contribution in [1.29, 1.82) is 0 Å². The topological polar surface area (TPSA) is 197 Å². The Morgan fingerprint density at radius 2 is 2.00 bits per heavy atom. The van der Waals surface area contributed by atoms with Crippen molar-refractivity contribution in [3.8, 4) is 0 Å². The number of hydrogen-bond acceptors (Lipinski definition) is 11. The van der Waals surface area contributed by atoms with Crippen molar-refractivity contribution in [1.82, 2.24) is 19.5 Å². The molecule has 2 unspecified atom stereocenters. The minimum atomic E-state index is -2.99. The van der Waals surface area contributed by atoms with Crippen LogP contribution in [0.25, 0.3) is 11.2 Å². The van der Waals surface area contributed by atoms with Crippen LogP contribution < -0.4 is 11.5 Å². The van der Waals surface area contributed by atoms with Crippen LogP contribution in [-0.4, -0.2) is 70.4 Å². The molecule has 0 spiro atoms. The molecule has 0 aliphatic carbocycles. The van der Waals surface area contributed by atoms with Gasteiger partial charge in [-0.2, -0.15) is 0 Å². The van der Waals surface area contributed by atoms with Crippen molar-refractivity contribution in [2.75, 3.05) is 5.73 Å². The van der Waals surface area contributed by atoms with Crippen LogP contribution in [0, 0.1) is 0 Å². The molecule has 12 nitrogen and oxygen atoms in total. The van der Waals surface area contributed by atoms with Crippen LogP contribution >= 0.6 is 0 Å². The second-order valence-corrected chi connectivity index (χ2v) is 6.38. The number of ether oxygens (including phenoxy) is 1. The van der Waals surface area contributed by atoms with Gasteiger partial charge in [0, 0.05) is 4.11 Å². The lowest BCUT2D eigenvalue weighted by molar-refractivity contribution is -0.157. The molecule has 28 heavy (non-hydrogen) atoms. The van der Waals surface area contributed by atoms with Gasteiger partial charge in [0.1, 0.15) is 29.6 Å². The van der Waals surface area contributed by atoms with Crippen LogP contribution in [0.2, 0.25) is 0 Å². The van der Waals surface area contributed by atoms with Crippen molar-refractivity contribution in [2.24, 2.45) is 5.73 Å². The number of ketones is 3. The summed E-state index contributed by atoms with van der Waals surface area (Å²) in [6.45, 7) is -2.97. The zero-order valence-corrected chi connectivity index (χ0v) is 14.5. The van der Waals surface area contributed by atoms with Crippen LogP contribution in [0.3, 0.4) is 0 Å². The van der Waals surface area contributed by atoms with Crippen molar-refractivity contribution < 1.29 is 33.4 Å². The number of aliphatic hydroxyl groups is 2.